The molecular weight excluding hydrogens is 164 g/mol. The molecule has 1 N–H and O–H groups in total. The van der Waals surface area contributed by atoms with Crippen LogP contribution in [0.3, 0.4) is 0 Å². The highest BCUT2D eigenvalue weighted by Gasteiger charge is 2.12. The lowest BCUT2D eigenvalue weighted by molar-refractivity contribution is -0.120. The summed E-state index contributed by atoms with van der Waals surface area (Å²) in [6, 6.07) is 1.53. The topological polar surface area (TPSA) is 52.9 Å². The Morgan fingerprint density at radius 1 is 1.82 bits per heavy atom. The van der Waals surface area contributed by atoms with Gasteiger partial charge in [-0.1, -0.05) is 6.92 Å². The van der Waals surface area contributed by atoms with E-state index < -0.39 is 11.4 Å². The summed E-state index contributed by atoms with van der Waals surface area (Å²) in [5.41, 5.74) is 0. The molecule has 0 rings (SSSR count). The molecule has 0 bridgehead atoms. The van der Waals surface area contributed by atoms with Crippen LogP contribution in [0.2, 0.25) is 0 Å². The van der Waals surface area contributed by atoms with Crippen molar-refractivity contribution in [1.82, 2.24) is 5.32 Å². The second-order valence-corrected chi connectivity index (χ2v) is 2.87. The first kappa shape index (κ1) is 10.2. The third kappa shape index (κ3) is 3.84. The monoisotopic (exact) mass is 174 g/mol. The van der Waals surface area contributed by atoms with E-state index in [9.17, 15) is 4.79 Å². The van der Waals surface area contributed by atoms with Crippen LogP contribution in [0.5, 0.6) is 0 Å². The Morgan fingerprint density at radius 3 is 2.64 bits per heavy atom. The number of nitrogens with zero attached hydrogens (tertiary/aromatic N) is 1. The van der Waals surface area contributed by atoms with Gasteiger partial charge in [0, 0.05) is 0 Å². The van der Waals surface area contributed by atoms with Crippen molar-refractivity contribution in [2.45, 2.75) is 31.7 Å². The zero-order valence-corrected chi connectivity index (χ0v) is 7.35. The van der Waals surface area contributed by atoms with Gasteiger partial charge in [0.05, 0.1) is 6.07 Å². The van der Waals surface area contributed by atoms with Gasteiger partial charge in [-0.15, -0.1) is 11.6 Å². The van der Waals surface area contributed by atoms with Crippen LogP contribution < -0.4 is 5.32 Å². The SMILES string of the molecule is CCC(C#N)NC(=O)C(C)Cl. The first-order chi connectivity index (χ1) is 5.11. The molecular formula is C7H11ClN2O. The van der Waals surface area contributed by atoms with Crippen LogP contribution >= 0.6 is 11.6 Å². The molecule has 11 heavy (non-hydrogen) atoms. The smallest absolute Gasteiger partial charge is 0.238 e. The van der Waals surface area contributed by atoms with Crippen molar-refractivity contribution in [3.63, 3.8) is 0 Å². The first-order valence-corrected chi connectivity index (χ1v) is 3.89. The summed E-state index contributed by atoms with van der Waals surface area (Å²) in [5, 5.41) is 10.4. The minimum atomic E-state index is -0.572. The highest BCUT2D eigenvalue weighted by molar-refractivity contribution is 6.30. The van der Waals surface area contributed by atoms with Crippen LogP contribution in [-0.2, 0) is 4.79 Å². The zero-order valence-electron chi connectivity index (χ0n) is 6.60. The van der Waals surface area contributed by atoms with E-state index in [1.807, 2.05) is 13.0 Å². The fraction of sp³-hybridized carbons (Fsp3) is 0.714. The Morgan fingerprint density at radius 2 is 2.36 bits per heavy atom. The number of carbonyl (C=O) groups excluding carboxylic acids is 1. The predicted octanol–water partition coefficient (Wildman–Crippen LogP) is 1.03. The molecule has 0 aliphatic carbocycles. The van der Waals surface area contributed by atoms with Crippen molar-refractivity contribution in [1.29, 1.82) is 5.26 Å². The lowest BCUT2D eigenvalue weighted by atomic mass is 10.2. The summed E-state index contributed by atoms with van der Waals surface area (Å²) in [7, 11) is 0. The van der Waals surface area contributed by atoms with Crippen LogP contribution in [0.4, 0.5) is 0 Å². The van der Waals surface area contributed by atoms with E-state index >= 15 is 0 Å². The minimum absolute atomic E-state index is 0.292. The number of halogens is 1. The van der Waals surface area contributed by atoms with Gasteiger partial charge in [-0.3, -0.25) is 4.79 Å². The maximum absolute atomic E-state index is 10.9. The highest BCUT2D eigenvalue weighted by atomic mass is 35.5. The lowest BCUT2D eigenvalue weighted by Crippen LogP contribution is -2.37. The average molecular weight is 175 g/mol. The number of nitriles is 1. The molecule has 2 atom stereocenters. The second-order valence-electron chi connectivity index (χ2n) is 2.21. The summed E-state index contributed by atoms with van der Waals surface area (Å²) in [4.78, 5) is 10.9. The molecule has 0 heterocycles. The van der Waals surface area contributed by atoms with Gasteiger partial charge in [0.25, 0.3) is 0 Å². The van der Waals surface area contributed by atoms with Crippen LogP contribution in [0.1, 0.15) is 20.3 Å². The molecule has 0 aromatic carbocycles. The van der Waals surface area contributed by atoms with Crippen molar-refractivity contribution in [3.8, 4) is 6.07 Å². The van der Waals surface area contributed by atoms with Gasteiger partial charge in [0.15, 0.2) is 0 Å². The molecule has 0 aliphatic heterocycles. The molecule has 0 radical (unpaired) electrons. The van der Waals surface area contributed by atoms with E-state index in [4.69, 9.17) is 16.9 Å². The molecule has 2 unspecified atom stereocenters. The maximum atomic E-state index is 10.9. The maximum Gasteiger partial charge on any atom is 0.238 e. The summed E-state index contributed by atoms with van der Waals surface area (Å²) >= 11 is 5.46. The van der Waals surface area contributed by atoms with Gasteiger partial charge in [-0.05, 0) is 13.3 Å². The summed E-state index contributed by atoms with van der Waals surface area (Å²) < 4.78 is 0. The molecule has 0 saturated heterocycles. The van der Waals surface area contributed by atoms with Crippen molar-refractivity contribution in [2.75, 3.05) is 0 Å². The second kappa shape index (κ2) is 4.97. The van der Waals surface area contributed by atoms with Gasteiger partial charge in [0.2, 0.25) is 5.91 Å². The summed E-state index contributed by atoms with van der Waals surface area (Å²) in [5.74, 6) is -0.292. The largest absolute Gasteiger partial charge is 0.339 e. The molecule has 0 fully saturated rings. The molecule has 0 aromatic rings. The molecule has 0 spiro atoms. The van der Waals surface area contributed by atoms with Gasteiger partial charge in [-0.25, -0.2) is 0 Å². The molecule has 0 aromatic heterocycles. The first-order valence-electron chi connectivity index (χ1n) is 3.45. The Balaban J connectivity index is 3.84. The average Bonchev–Trinajstić information content (AvgIpc) is 1.99. The molecule has 0 aliphatic rings. The minimum Gasteiger partial charge on any atom is -0.339 e. The zero-order chi connectivity index (χ0) is 8.85. The Labute approximate surface area is 71.3 Å². The molecule has 4 heteroatoms. The van der Waals surface area contributed by atoms with Crippen LogP contribution in [-0.4, -0.2) is 17.3 Å². The molecule has 1 amide bonds. The number of rotatable bonds is 3. The van der Waals surface area contributed by atoms with E-state index in [2.05, 4.69) is 5.32 Å². The number of alkyl halides is 1. The third-order valence-electron chi connectivity index (χ3n) is 1.24. The fourth-order valence-corrected chi connectivity index (χ4v) is 0.575. The van der Waals surface area contributed by atoms with E-state index in [0.29, 0.717) is 6.42 Å². The highest BCUT2D eigenvalue weighted by Crippen LogP contribution is 1.95. The quantitative estimate of drug-likeness (QED) is 0.650. The number of hydrogen-bond donors (Lipinski definition) is 1. The van der Waals surface area contributed by atoms with Crippen LogP contribution in [0, 0.1) is 11.3 Å². The molecule has 3 nitrogen and oxygen atoms in total. The number of nitrogens with one attached hydrogen (secondary N) is 1. The molecule has 0 saturated carbocycles. The Bertz CT molecular complexity index is 174. The van der Waals surface area contributed by atoms with Crippen molar-refractivity contribution < 1.29 is 4.79 Å². The van der Waals surface area contributed by atoms with E-state index in [0.717, 1.165) is 0 Å². The normalized spacial score (nSPS) is 14.7. The van der Waals surface area contributed by atoms with E-state index in [1.54, 1.807) is 6.92 Å². The summed E-state index contributed by atoms with van der Waals surface area (Å²) in [6.45, 7) is 3.40. The fourth-order valence-electron chi connectivity index (χ4n) is 0.512. The number of hydrogen-bond acceptors (Lipinski definition) is 2. The van der Waals surface area contributed by atoms with Crippen molar-refractivity contribution >= 4 is 17.5 Å². The standard InChI is InChI=1S/C7H11ClN2O/c1-3-6(4-9)10-7(11)5(2)8/h5-6H,3H2,1-2H3,(H,10,11). The van der Waals surface area contributed by atoms with Gasteiger partial charge >= 0.3 is 0 Å². The van der Waals surface area contributed by atoms with E-state index in [1.165, 1.54) is 0 Å². The van der Waals surface area contributed by atoms with Gasteiger partial charge < -0.3 is 5.32 Å². The molecule has 62 valence electrons. The van der Waals surface area contributed by atoms with Crippen LogP contribution in [0.25, 0.3) is 0 Å². The van der Waals surface area contributed by atoms with Crippen molar-refractivity contribution in [2.24, 2.45) is 0 Å². The predicted molar refractivity (Wildman–Crippen MR) is 43.1 cm³/mol. The van der Waals surface area contributed by atoms with Crippen molar-refractivity contribution in [3.05, 3.63) is 0 Å². The van der Waals surface area contributed by atoms with Gasteiger partial charge in [0.1, 0.15) is 11.4 Å². The van der Waals surface area contributed by atoms with E-state index in [-0.39, 0.29) is 5.91 Å². The Hall–Kier alpha value is -0.750. The van der Waals surface area contributed by atoms with Crippen LogP contribution in [0.15, 0.2) is 0 Å². The number of amides is 1. The van der Waals surface area contributed by atoms with Gasteiger partial charge in [-0.2, -0.15) is 5.26 Å². The number of carbonyl (C=O) groups is 1. The Kier molecular flexibility index (Phi) is 4.64. The summed E-state index contributed by atoms with van der Waals surface area (Å²) in [6.07, 6.45) is 0.603. The third-order valence-corrected chi connectivity index (χ3v) is 1.44. The lowest BCUT2D eigenvalue weighted by Gasteiger charge is -2.09.